The van der Waals surface area contributed by atoms with Gasteiger partial charge < -0.3 is 10.1 Å². The van der Waals surface area contributed by atoms with E-state index in [1.165, 1.54) is 5.56 Å². The number of nitrogens with one attached hydrogen (secondary N) is 1. The average molecular weight is 335 g/mol. The molecule has 0 aliphatic rings. The van der Waals surface area contributed by atoms with Gasteiger partial charge in [0.25, 0.3) is 0 Å². The highest BCUT2D eigenvalue weighted by Gasteiger charge is 2.04. The van der Waals surface area contributed by atoms with E-state index in [0.717, 1.165) is 29.1 Å². The Morgan fingerprint density at radius 2 is 2.15 bits per heavy atom. The zero-order chi connectivity index (χ0) is 14.4. The molecule has 2 rings (SSSR count). The number of rotatable bonds is 6. The molecular weight excluding hydrogens is 316 g/mol. The van der Waals surface area contributed by atoms with E-state index in [-0.39, 0.29) is 0 Å². The van der Waals surface area contributed by atoms with Crippen molar-refractivity contribution in [3.8, 4) is 11.5 Å². The molecule has 0 bridgehead atoms. The minimum absolute atomic E-state index is 0.659. The molecule has 3 nitrogen and oxygen atoms in total. The van der Waals surface area contributed by atoms with Crippen molar-refractivity contribution in [2.45, 2.75) is 20.4 Å². The molecule has 0 fully saturated rings. The first-order valence-electron chi connectivity index (χ1n) is 6.72. The maximum atomic E-state index is 5.78. The molecule has 106 valence electrons. The fourth-order valence-electron chi connectivity index (χ4n) is 1.78. The lowest BCUT2D eigenvalue weighted by atomic mass is 10.2. The minimum Gasteiger partial charge on any atom is -0.455 e. The second kappa shape index (κ2) is 7.41. The molecule has 1 aromatic heterocycles. The zero-order valence-electron chi connectivity index (χ0n) is 11.8. The van der Waals surface area contributed by atoms with Gasteiger partial charge in [-0.25, -0.2) is 0 Å². The normalized spacial score (nSPS) is 10.8. The molecule has 0 aliphatic heterocycles. The Labute approximate surface area is 128 Å². The maximum absolute atomic E-state index is 5.78. The predicted octanol–water partition coefficient (Wildman–Crippen LogP) is 4.38. The van der Waals surface area contributed by atoms with Crippen LogP contribution in [0.2, 0.25) is 0 Å². The summed E-state index contributed by atoms with van der Waals surface area (Å²) >= 11 is 3.55. The van der Waals surface area contributed by atoms with E-state index in [1.54, 1.807) is 12.4 Å². The summed E-state index contributed by atoms with van der Waals surface area (Å²) in [4.78, 5) is 4.03. The number of pyridine rings is 1. The third-order valence-electron chi connectivity index (χ3n) is 2.74. The van der Waals surface area contributed by atoms with Crippen molar-refractivity contribution in [1.29, 1.82) is 0 Å². The SMILES string of the molecule is CC(C)CNCc1ccc(Oc2cccnc2)c(Br)c1. The van der Waals surface area contributed by atoms with Crippen molar-refractivity contribution >= 4 is 15.9 Å². The summed E-state index contributed by atoms with van der Waals surface area (Å²) in [6.45, 7) is 6.29. The number of hydrogen-bond acceptors (Lipinski definition) is 3. The molecule has 0 spiro atoms. The van der Waals surface area contributed by atoms with Crippen LogP contribution >= 0.6 is 15.9 Å². The van der Waals surface area contributed by atoms with Crippen LogP contribution in [0.1, 0.15) is 19.4 Å². The van der Waals surface area contributed by atoms with Crippen molar-refractivity contribution < 1.29 is 4.74 Å². The molecular formula is C16H19BrN2O. The van der Waals surface area contributed by atoms with Gasteiger partial charge in [0.05, 0.1) is 10.7 Å². The number of ether oxygens (including phenoxy) is 1. The van der Waals surface area contributed by atoms with E-state index in [4.69, 9.17) is 4.74 Å². The minimum atomic E-state index is 0.659. The highest BCUT2D eigenvalue weighted by atomic mass is 79.9. The van der Waals surface area contributed by atoms with Gasteiger partial charge in [0.2, 0.25) is 0 Å². The van der Waals surface area contributed by atoms with Crippen LogP contribution in [-0.2, 0) is 6.54 Å². The summed E-state index contributed by atoms with van der Waals surface area (Å²) in [6.07, 6.45) is 3.43. The van der Waals surface area contributed by atoms with Gasteiger partial charge in [-0.3, -0.25) is 4.98 Å². The summed E-state index contributed by atoms with van der Waals surface area (Å²) < 4.78 is 6.73. The van der Waals surface area contributed by atoms with Crippen LogP contribution in [0.4, 0.5) is 0 Å². The lowest BCUT2D eigenvalue weighted by Gasteiger charge is -2.10. The van der Waals surface area contributed by atoms with Gasteiger partial charge in [-0.05, 0) is 58.2 Å². The van der Waals surface area contributed by atoms with Crippen LogP contribution < -0.4 is 10.1 Å². The highest BCUT2D eigenvalue weighted by molar-refractivity contribution is 9.10. The van der Waals surface area contributed by atoms with Crippen molar-refractivity contribution in [3.63, 3.8) is 0 Å². The smallest absolute Gasteiger partial charge is 0.145 e. The summed E-state index contributed by atoms with van der Waals surface area (Å²) in [6, 6.07) is 9.87. The molecule has 0 atom stereocenters. The van der Waals surface area contributed by atoms with E-state index < -0.39 is 0 Å². The summed E-state index contributed by atoms with van der Waals surface area (Å²) in [5.41, 5.74) is 1.23. The first-order valence-corrected chi connectivity index (χ1v) is 7.51. The molecule has 20 heavy (non-hydrogen) atoms. The van der Waals surface area contributed by atoms with Gasteiger partial charge >= 0.3 is 0 Å². The van der Waals surface area contributed by atoms with Crippen LogP contribution in [0.25, 0.3) is 0 Å². The maximum Gasteiger partial charge on any atom is 0.145 e. The quantitative estimate of drug-likeness (QED) is 0.851. The third-order valence-corrected chi connectivity index (χ3v) is 3.36. The number of benzene rings is 1. The molecule has 0 unspecified atom stereocenters. The monoisotopic (exact) mass is 334 g/mol. The summed E-state index contributed by atoms with van der Waals surface area (Å²) in [7, 11) is 0. The Balaban J connectivity index is 1.99. The van der Waals surface area contributed by atoms with Crippen LogP contribution in [0, 0.1) is 5.92 Å². The highest BCUT2D eigenvalue weighted by Crippen LogP contribution is 2.30. The van der Waals surface area contributed by atoms with Gasteiger partial charge in [0.15, 0.2) is 0 Å². The lowest BCUT2D eigenvalue weighted by molar-refractivity contribution is 0.476. The van der Waals surface area contributed by atoms with Crippen LogP contribution in [-0.4, -0.2) is 11.5 Å². The molecule has 1 heterocycles. The molecule has 0 radical (unpaired) electrons. The Morgan fingerprint density at radius 3 is 2.80 bits per heavy atom. The molecule has 2 aromatic rings. The molecule has 4 heteroatoms. The largest absolute Gasteiger partial charge is 0.455 e. The fraction of sp³-hybridized carbons (Fsp3) is 0.312. The fourth-order valence-corrected chi connectivity index (χ4v) is 2.28. The predicted molar refractivity (Wildman–Crippen MR) is 85.0 cm³/mol. The van der Waals surface area contributed by atoms with Crippen molar-refractivity contribution in [3.05, 3.63) is 52.8 Å². The van der Waals surface area contributed by atoms with E-state index in [0.29, 0.717) is 5.92 Å². The van der Waals surface area contributed by atoms with E-state index in [9.17, 15) is 0 Å². The summed E-state index contributed by atoms with van der Waals surface area (Å²) in [5, 5.41) is 3.43. The summed E-state index contributed by atoms with van der Waals surface area (Å²) in [5.74, 6) is 2.19. The third kappa shape index (κ3) is 4.62. The molecule has 0 saturated heterocycles. The molecule has 1 N–H and O–H groups in total. The van der Waals surface area contributed by atoms with Crippen LogP contribution in [0.15, 0.2) is 47.2 Å². The first kappa shape index (κ1) is 15.0. The Hall–Kier alpha value is -1.39. The number of halogens is 1. The second-order valence-electron chi connectivity index (χ2n) is 5.08. The van der Waals surface area contributed by atoms with Gasteiger partial charge in [-0.15, -0.1) is 0 Å². The van der Waals surface area contributed by atoms with Crippen LogP contribution in [0.5, 0.6) is 11.5 Å². The molecule has 0 aliphatic carbocycles. The second-order valence-corrected chi connectivity index (χ2v) is 5.93. The lowest BCUT2D eigenvalue weighted by Crippen LogP contribution is -2.18. The van der Waals surface area contributed by atoms with E-state index in [2.05, 4.69) is 52.2 Å². The Bertz CT molecular complexity index is 543. The average Bonchev–Trinajstić information content (AvgIpc) is 2.42. The van der Waals surface area contributed by atoms with Crippen molar-refractivity contribution in [2.75, 3.05) is 6.54 Å². The van der Waals surface area contributed by atoms with Gasteiger partial charge in [-0.1, -0.05) is 19.9 Å². The van der Waals surface area contributed by atoms with Crippen molar-refractivity contribution in [1.82, 2.24) is 10.3 Å². The van der Waals surface area contributed by atoms with Crippen molar-refractivity contribution in [2.24, 2.45) is 5.92 Å². The molecule has 0 saturated carbocycles. The number of hydrogen-bond donors (Lipinski definition) is 1. The van der Waals surface area contributed by atoms with Gasteiger partial charge in [0.1, 0.15) is 11.5 Å². The van der Waals surface area contributed by atoms with Gasteiger partial charge in [-0.2, -0.15) is 0 Å². The number of nitrogens with zero attached hydrogens (tertiary/aromatic N) is 1. The molecule has 1 aromatic carbocycles. The number of aromatic nitrogens is 1. The topological polar surface area (TPSA) is 34.1 Å². The van der Waals surface area contributed by atoms with Crippen LogP contribution in [0.3, 0.4) is 0 Å². The first-order chi connectivity index (χ1) is 9.65. The van der Waals surface area contributed by atoms with E-state index in [1.807, 2.05) is 18.2 Å². The standard InChI is InChI=1S/C16H19BrN2O/c1-12(2)9-19-10-13-5-6-16(15(17)8-13)20-14-4-3-7-18-11-14/h3-8,11-12,19H,9-10H2,1-2H3. The van der Waals surface area contributed by atoms with E-state index >= 15 is 0 Å². The Kier molecular flexibility index (Phi) is 5.56. The zero-order valence-corrected chi connectivity index (χ0v) is 13.4. The Morgan fingerprint density at radius 1 is 1.30 bits per heavy atom. The molecule has 0 amide bonds. The van der Waals surface area contributed by atoms with Gasteiger partial charge in [0, 0.05) is 12.7 Å².